The predicted molar refractivity (Wildman–Crippen MR) is 116 cm³/mol. The van der Waals surface area contributed by atoms with Crippen LogP contribution >= 0.6 is 0 Å². The van der Waals surface area contributed by atoms with Crippen LogP contribution in [-0.4, -0.2) is 50.0 Å². The van der Waals surface area contributed by atoms with Gasteiger partial charge in [-0.3, -0.25) is 9.59 Å². The summed E-state index contributed by atoms with van der Waals surface area (Å²) in [6, 6.07) is 16.2. The molecule has 1 aliphatic heterocycles. The lowest BCUT2D eigenvalue weighted by molar-refractivity contribution is -0.158. The molecule has 31 heavy (non-hydrogen) atoms. The van der Waals surface area contributed by atoms with Crippen LogP contribution in [0.4, 0.5) is 5.69 Å². The number of nitrogens with one attached hydrogen (secondary N) is 1. The number of sulfonamides is 1. The van der Waals surface area contributed by atoms with E-state index in [1.807, 2.05) is 30.3 Å². The van der Waals surface area contributed by atoms with Gasteiger partial charge in [-0.2, -0.15) is 0 Å². The van der Waals surface area contributed by atoms with Gasteiger partial charge in [0.25, 0.3) is 5.91 Å². The molecule has 2 aromatic carbocycles. The van der Waals surface area contributed by atoms with Crippen LogP contribution in [0.1, 0.15) is 19.8 Å². The Morgan fingerprint density at radius 2 is 1.58 bits per heavy atom. The van der Waals surface area contributed by atoms with Crippen LogP contribution in [-0.2, 0) is 24.3 Å². The zero-order valence-corrected chi connectivity index (χ0v) is 18.3. The SMILES string of the molecule is CC(OC(=O)C1CCN(S(C)(=O)=O)CC1)C(=O)Nc1ccc(Oc2ccccc2)cc1. The lowest BCUT2D eigenvalue weighted by atomic mass is 9.98. The fourth-order valence-corrected chi connectivity index (χ4v) is 4.10. The van der Waals surface area contributed by atoms with Crippen LogP contribution in [0.2, 0.25) is 0 Å². The standard InChI is InChI=1S/C22H26N2O6S/c1-16(29-22(26)17-12-14-24(15-13-17)31(2,27)28)21(25)23-18-8-10-20(11-9-18)30-19-6-4-3-5-7-19/h3-11,16-17H,12-15H2,1-2H3,(H,23,25). The van der Waals surface area contributed by atoms with Crippen LogP contribution in [0, 0.1) is 5.92 Å². The average Bonchev–Trinajstić information content (AvgIpc) is 2.75. The summed E-state index contributed by atoms with van der Waals surface area (Å²) in [6.07, 6.45) is 0.936. The molecule has 0 aliphatic carbocycles. The number of ether oxygens (including phenoxy) is 2. The first-order valence-corrected chi connectivity index (χ1v) is 11.9. The number of benzene rings is 2. The highest BCUT2D eigenvalue weighted by molar-refractivity contribution is 7.88. The van der Waals surface area contributed by atoms with Gasteiger partial charge in [0.2, 0.25) is 10.0 Å². The van der Waals surface area contributed by atoms with E-state index in [9.17, 15) is 18.0 Å². The number of anilines is 1. The number of piperidine rings is 1. The Hall–Kier alpha value is -2.91. The normalized spacial score (nSPS) is 16.3. The Balaban J connectivity index is 1.47. The number of esters is 1. The second kappa shape index (κ2) is 9.93. The fourth-order valence-electron chi connectivity index (χ4n) is 3.22. The number of rotatable bonds is 7. The van der Waals surface area contributed by atoms with E-state index in [0.717, 1.165) is 6.26 Å². The highest BCUT2D eigenvalue weighted by Gasteiger charge is 2.31. The Morgan fingerprint density at radius 1 is 1.00 bits per heavy atom. The predicted octanol–water partition coefficient (Wildman–Crippen LogP) is 3.02. The van der Waals surface area contributed by atoms with Crippen molar-refractivity contribution in [2.45, 2.75) is 25.9 Å². The third kappa shape index (κ3) is 6.53. The lowest BCUT2D eigenvalue weighted by Crippen LogP contribution is -2.41. The second-order valence-corrected chi connectivity index (χ2v) is 9.43. The van der Waals surface area contributed by atoms with E-state index in [0.29, 0.717) is 30.0 Å². The van der Waals surface area contributed by atoms with Crippen molar-refractivity contribution in [3.63, 3.8) is 0 Å². The first kappa shape index (κ1) is 22.8. The van der Waals surface area contributed by atoms with Crippen LogP contribution in [0.25, 0.3) is 0 Å². The molecule has 1 aliphatic rings. The molecule has 1 atom stereocenters. The summed E-state index contributed by atoms with van der Waals surface area (Å²) in [5.41, 5.74) is 0.551. The summed E-state index contributed by atoms with van der Waals surface area (Å²) in [7, 11) is -3.26. The Kier molecular flexibility index (Phi) is 7.29. The van der Waals surface area contributed by atoms with Crippen LogP contribution in [0.15, 0.2) is 54.6 Å². The molecule has 9 heteroatoms. The Morgan fingerprint density at radius 3 is 2.16 bits per heavy atom. The number of hydrogen-bond donors (Lipinski definition) is 1. The van der Waals surface area contributed by atoms with Gasteiger partial charge in [-0.15, -0.1) is 0 Å². The maximum absolute atomic E-state index is 12.4. The number of carbonyl (C=O) groups excluding carboxylic acids is 2. The molecule has 1 amide bonds. The van der Waals surface area contributed by atoms with E-state index in [-0.39, 0.29) is 13.1 Å². The highest BCUT2D eigenvalue weighted by atomic mass is 32.2. The zero-order valence-electron chi connectivity index (χ0n) is 17.5. The van der Waals surface area contributed by atoms with Gasteiger partial charge < -0.3 is 14.8 Å². The minimum absolute atomic E-state index is 0.274. The molecule has 1 saturated heterocycles. The molecule has 0 radical (unpaired) electrons. The molecule has 166 valence electrons. The van der Waals surface area contributed by atoms with Gasteiger partial charge in [-0.25, -0.2) is 12.7 Å². The van der Waals surface area contributed by atoms with E-state index in [4.69, 9.17) is 9.47 Å². The van der Waals surface area contributed by atoms with Crippen molar-refractivity contribution in [3.8, 4) is 11.5 Å². The van der Waals surface area contributed by atoms with Crippen LogP contribution in [0.5, 0.6) is 11.5 Å². The van der Waals surface area contributed by atoms with Crippen LogP contribution in [0.3, 0.4) is 0 Å². The van der Waals surface area contributed by atoms with Gasteiger partial charge in [0, 0.05) is 18.8 Å². The van der Waals surface area contributed by atoms with E-state index < -0.39 is 33.9 Å². The van der Waals surface area contributed by atoms with Crippen molar-refractivity contribution in [1.82, 2.24) is 4.31 Å². The maximum Gasteiger partial charge on any atom is 0.309 e. The summed E-state index contributed by atoms with van der Waals surface area (Å²) < 4.78 is 35.5. The van der Waals surface area contributed by atoms with E-state index in [1.54, 1.807) is 24.3 Å². The highest BCUT2D eigenvalue weighted by Crippen LogP contribution is 2.23. The maximum atomic E-state index is 12.4. The van der Waals surface area contributed by atoms with Crippen molar-refractivity contribution in [2.75, 3.05) is 24.7 Å². The molecule has 1 fully saturated rings. The van der Waals surface area contributed by atoms with Gasteiger partial charge >= 0.3 is 5.97 Å². The molecule has 0 spiro atoms. The second-order valence-electron chi connectivity index (χ2n) is 7.44. The molecule has 0 aromatic heterocycles. The average molecular weight is 447 g/mol. The number of para-hydroxylation sites is 1. The monoisotopic (exact) mass is 446 g/mol. The quantitative estimate of drug-likeness (QED) is 0.656. The van der Waals surface area contributed by atoms with Crippen molar-refractivity contribution in [1.29, 1.82) is 0 Å². The Bertz CT molecular complexity index is 1000. The smallest absolute Gasteiger partial charge is 0.309 e. The molecule has 2 aromatic rings. The molecular weight excluding hydrogens is 420 g/mol. The molecular formula is C22H26N2O6S. The van der Waals surface area contributed by atoms with Gasteiger partial charge in [-0.05, 0) is 56.2 Å². The van der Waals surface area contributed by atoms with E-state index in [1.165, 1.54) is 11.2 Å². The van der Waals surface area contributed by atoms with Gasteiger partial charge in [0.05, 0.1) is 12.2 Å². The van der Waals surface area contributed by atoms with Crippen molar-refractivity contribution in [3.05, 3.63) is 54.6 Å². The largest absolute Gasteiger partial charge is 0.457 e. The molecule has 8 nitrogen and oxygen atoms in total. The third-order valence-electron chi connectivity index (χ3n) is 5.02. The summed E-state index contributed by atoms with van der Waals surface area (Å²) in [5.74, 6) is -0.00460. The number of nitrogens with zero attached hydrogens (tertiary/aromatic N) is 1. The van der Waals surface area contributed by atoms with Gasteiger partial charge in [0.1, 0.15) is 11.5 Å². The summed E-state index contributed by atoms with van der Waals surface area (Å²) in [6.45, 7) is 2.05. The molecule has 3 rings (SSSR count). The van der Waals surface area contributed by atoms with Crippen LogP contribution < -0.4 is 10.1 Å². The van der Waals surface area contributed by atoms with E-state index >= 15 is 0 Å². The first-order chi connectivity index (χ1) is 14.7. The van der Waals surface area contributed by atoms with Crippen molar-refractivity contribution >= 4 is 27.6 Å². The molecule has 0 bridgehead atoms. The lowest BCUT2D eigenvalue weighted by Gasteiger charge is -2.29. The van der Waals surface area contributed by atoms with Crippen molar-refractivity contribution in [2.24, 2.45) is 5.92 Å². The minimum atomic E-state index is -3.26. The summed E-state index contributed by atoms with van der Waals surface area (Å²) >= 11 is 0. The third-order valence-corrected chi connectivity index (χ3v) is 6.32. The molecule has 1 heterocycles. The van der Waals surface area contributed by atoms with Gasteiger partial charge in [-0.1, -0.05) is 18.2 Å². The molecule has 1 N–H and O–H groups in total. The van der Waals surface area contributed by atoms with E-state index in [2.05, 4.69) is 5.32 Å². The summed E-state index contributed by atoms with van der Waals surface area (Å²) in [4.78, 5) is 24.7. The van der Waals surface area contributed by atoms with Gasteiger partial charge in [0.15, 0.2) is 6.10 Å². The molecule has 0 saturated carbocycles. The number of carbonyl (C=O) groups is 2. The number of hydrogen-bond acceptors (Lipinski definition) is 6. The Labute approximate surface area is 182 Å². The summed E-state index contributed by atoms with van der Waals surface area (Å²) in [5, 5.41) is 2.71. The molecule has 1 unspecified atom stereocenters. The first-order valence-electron chi connectivity index (χ1n) is 10.0. The zero-order chi connectivity index (χ0) is 22.4. The number of amides is 1. The minimum Gasteiger partial charge on any atom is -0.457 e. The fraction of sp³-hybridized carbons (Fsp3) is 0.364. The van der Waals surface area contributed by atoms with Crippen molar-refractivity contribution < 1.29 is 27.5 Å². The topological polar surface area (TPSA) is 102 Å².